The number of anilines is 1. The summed E-state index contributed by atoms with van der Waals surface area (Å²) in [4.78, 5) is 15.3. The van der Waals surface area contributed by atoms with Gasteiger partial charge >= 0.3 is 0 Å². The lowest BCUT2D eigenvalue weighted by Crippen LogP contribution is -2.09. The SMILES string of the molecule is CN(C)c1ccc(CN=C=O)cc1Cl. The largest absolute Gasteiger partial charge is 0.376 e. The number of isocyanates is 1. The Labute approximate surface area is 88.0 Å². The zero-order valence-electron chi connectivity index (χ0n) is 8.12. The van der Waals surface area contributed by atoms with Crippen LogP contribution in [0.3, 0.4) is 0 Å². The summed E-state index contributed by atoms with van der Waals surface area (Å²) in [5.74, 6) is 0. The van der Waals surface area contributed by atoms with Crippen molar-refractivity contribution in [2.75, 3.05) is 19.0 Å². The first-order valence-electron chi connectivity index (χ1n) is 4.14. The van der Waals surface area contributed by atoms with Crippen LogP contribution in [-0.4, -0.2) is 20.2 Å². The zero-order valence-corrected chi connectivity index (χ0v) is 8.88. The lowest BCUT2D eigenvalue weighted by atomic mass is 10.2. The van der Waals surface area contributed by atoms with Gasteiger partial charge in [-0.05, 0) is 17.7 Å². The first-order valence-corrected chi connectivity index (χ1v) is 4.52. The van der Waals surface area contributed by atoms with E-state index in [1.807, 2.05) is 31.1 Å². The summed E-state index contributed by atoms with van der Waals surface area (Å²) in [5.41, 5.74) is 1.86. The van der Waals surface area contributed by atoms with Gasteiger partial charge in [-0.1, -0.05) is 17.7 Å². The maximum atomic E-state index is 9.91. The van der Waals surface area contributed by atoms with Gasteiger partial charge in [0.25, 0.3) is 0 Å². The van der Waals surface area contributed by atoms with Crippen molar-refractivity contribution < 1.29 is 4.79 Å². The van der Waals surface area contributed by atoms with Crippen molar-refractivity contribution in [2.45, 2.75) is 6.54 Å². The molecule has 1 rings (SSSR count). The van der Waals surface area contributed by atoms with Crippen LogP contribution in [0.4, 0.5) is 5.69 Å². The number of nitrogens with zero attached hydrogens (tertiary/aromatic N) is 2. The molecule has 0 amide bonds. The highest BCUT2D eigenvalue weighted by Crippen LogP contribution is 2.25. The summed E-state index contributed by atoms with van der Waals surface area (Å²) in [6.45, 7) is 0.330. The molecule has 0 aliphatic carbocycles. The van der Waals surface area contributed by atoms with E-state index in [0.717, 1.165) is 11.3 Å². The average Bonchev–Trinajstić information content (AvgIpc) is 2.14. The zero-order chi connectivity index (χ0) is 10.6. The molecule has 0 unspecified atom stereocenters. The van der Waals surface area contributed by atoms with Crippen molar-refractivity contribution in [3.05, 3.63) is 28.8 Å². The third-order valence-electron chi connectivity index (χ3n) is 1.82. The maximum Gasteiger partial charge on any atom is 0.235 e. The van der Waals surface area contributed by atoms with Gasteiger partial charge in [-0.25, -0.2) is 9.79 Å². The lowest BCUT2D eigenvalue weighted by molar-refractivity contribution is 0.563. The molecule has 0 saturated heterocycles. The normalized spacial score (nSPS) is 9.36. The summed E-state index contributed by atoms with van der Waals surface area (Å²) in [7, 11) is 3.84. The fourth-order valence-corrected chi connectivity index (χ4v) is 1.51. The number of hydrogen-bond acceptors (Lipinski definition) is 3. The van der Waals surface area contributed by atoms with Crippen molar-refractivity contribution in [3.63, 3.8) is 0 Å². The van der Waals surface area contributed by atoms with Gasteiger partial charge in [0.15, 0.2) is 0 Å². The Hall–Kier alpha value is -1.31. The molecule has 0 aliphatic heterocycles. The van der Waals surface area contributed by atoms with Gasteiger partial charge in [0.05, 0.1) is 17.3 Å². The molecular formula is C10H11ClN2O. The van der Waals surface area contributed by atoms with Crippen molar-refractivity contribution >= 4 is 23.4 Å². The van der Waals surface area contributed by atoms with Gasteiger partial charge in [-0.3, -0.25) is 0 Å². The molecule has 1 aromatic carbocycles. The molecule has 0 saturated carbocycles. The number of aliphatic imine (C=N–C) groups is 1. The molecule has 0 N–H and O–H groups in total. The van der Waals surface area contributed by atoms with E-state index in [1.165, 1.54) is 6.08 Å². The molecule has 4 heteroatoms. The molecule has 74 valence electrons. The fraction of sp³-hybridized carbons (Fsp3) is 0.300. The third-order valence-corrected chi connectivity index (χ3v) is 2.12. The van der Waals surface area contributed by atoms with Gasteiger partial charge in [-0.15, -0.1) is 0 Å². The van der Waals surface area contributed by atoms with E-state index in [0.29, 0.717) is 11.6 Å². The van der Waals surface area contributed by atoms with Crippen LogP contribution in [0.5, 0.6) is 0 Å². The monoisotopic (exact) mass is 210 g/mol. The predicted molar refractivity (Wildman–Crippen MR) is 57.6 cm³/mol. The number of carbonyl (C=O) groups excluding carboxylic acids is 1. The van der Waals surface area contributed by atoms with E-state index in [1.54, 1.807) is 6.07 Å². The van der Waals surface area contributed by atoms with Gasteiger partial charge in [-0.2, -0.15) is 0 Å². The average molecular weight is 211 g/mol. The molecular weight excluding hydrogens is 200 g/mol. The topological polar surface area (TPSA) is 32.7 Å². The Morgan fingerprint density at radius 2 is 2.21 bits per heavy atom. The van der Waals surface area contributed by atoms with Crippen molar-refractivity contribution in [3.8, 4) is 0 Å². The van der Waals surface area contributed by atoms with E-state index in [2.05, 4.69) is 4.99 Å². The second-order valence-electron chi connectivity index (χ2n) is 3.09. The van der Waals surface area contributed by atoms with Gasteiger partial charge < -0.3 is 4.90 Å². The van der Waals surface area contributed by atoms with E-state index in [9.17, 15) is 4.79 Å². The minimum absolute atomic E-state index is 0.330. The summed E-state index contributed by atoms with van der Waals surface area (Å²) < 4.78 is 0. The van der Waals surface area contributed by atoms with Crippen LogP contribution >= 0.6 is 11.6 Å². The summed E-state index contributed by atoms with van der Waals surface area (Å²) >= 11 is 6.02. The van der Waals surface area contributed by atoms with Crippen LogP contribution in [0.15, 0.2) is 23.2 Å². The van der Waals surface area contributed by atoms with Crippen LogP contribution in [0.25, 0.3) is 0 Å². The Kier molecular flexibility index (Phi) is 3.69. The molecule has 3 nitrogen and oxygen atoms in total. The van der Waals surface area contributed by atoms with Crippen LogP contribution in [-0.2, 0) is 11.3 Å². The van der Waals surface area contributed by atoms with Gasteiger partial charge in [0, 0.05) is 14.1 Å². The molecule has 14 heavy (non-hydrogen) atoms. The number of halogens is 1. The number of hydrogen-bond donors (Lipinski definition) is 0. The molecule has 0 heterocycles. The van der Waals surface area contributed by atoms with E-state index in [-0.39, 0.29) is 0 Å². The Morgan fingerprint density at radius 3 is 2.71 bits per heavy atom. The van der Waals surface area contributed by atoms with Crippen LogP contribution < -0.4 is 4.90 Å². The minimum Gasteiger partial charge on any atom is -0.376 e. The fourth-order valence-electron chi connectivity index (χ4n) is 1.14. The Bertz CT molecular complexity index is 370. The van der Waals surface area contributed by atoms with Crippen molar-refractivity contribution in [1.29, 1.82) is 0 Å². The lowest BCUT2D eigenvalue weighted by Gasteiger charge is -2.14. The quantitative estimate of drug-likeness (QED) is 0.566. The number of benzene rings is 1. The molecule has 0 atom stereocenters. The first kappa shape index (κ1) is 10.8. The smallest absolute Gasteiger partial charge is 0.235 e. The van der Waals surface area contributed by atoms with Crippen LogP contribution in [0.1, 0.15) is 5.56 Å². The van der Waals surface area contributed by atoms with Crippen molar-refractivity contribution in [1.82, 2.24) is 0 Å². The highest BCUT2D eigenvalue weighted by molar-refractivity contribution is 6.33. The highest BCUT2D eigenvalue weighted by Gasteiger charge is 2.02. The molecule has 0 spiro atoms. The first-order chi connectivity index (χ1) is 6.65. The van der Waals surface area contributed by atoms with Crippen LogP contribution in [0.2, 0.25) is 5.02 Å². The van der Waals surface area contributed by atoms with E-state index >= 15 is 0 Å². The van der Waals surface area contributed by atoms with Gasteiger partial charge in [0.1, 0.15) is 0 Å². The Balaban J connectivity index is 2.94. The second-order valence-corrected chi connectivity index (χ2v) is 3.49. The number of rotatable bonds is 3. The standard InChI is InChI=1S/C10H11ClN2O/c1-13(2)10-4-3-8(5-9(10)11)6-12-7-14/h3-5H,6H2,1-2H3. The summed E-state index contributed by atoms with van der Waals surface area (Å²) in [5, 5.41) is 0.661. The maximum absolute atomic E-state index is 9.91. The van der Waals surface area contributed by atoms with Gasteiger partial charge in [0.2, 0.25) is 6.08 Å². The van der Waals surface area contributed by atoms with E-state index in [4.69, 9.17) is 11.6 Å². The van der Waals surface area contributed by atoms with E-state index < -0.39 is 0 Å². The molecule has 0 bridgehead atoms. The van der Waals surface area contributed by atoms with Crippen LogP contribution in [0, 0.1) is 0 Å². The summed E-state index contributed by atoms with van der Waals surface area (Å²) in [6.07, 6.45) is 1.49. The molecule has 0 aromatic heterocycles. The molecule has 0 radical (unpaired) electrons. The molecule has 0 aliphatic rings. The predicted octanol–water partition coefficient (Wildman–Crippen LogP) is 2.24. The third kappa shape index (κ3) is 2.59. The van der Waals surface area contributed by atoms with Crippen molar-refractivity contribution in [2.24, 2.45) is 4.99 Å². The summed E-state index contributed by atoms with van der Waals surface area (Å²) in [6, 6.07) is 5.60. The Morgan fingerprint density at radius 1 is 1.50 bits per heavy atom. The highest BCUT2D eigenvalue weighted by atomic mass is 35.5. The minimum atomic E-state index is 0.330. The second kappa shape index (κ2) is 4.80. The molecule has 1 aromatic rings. The molecule has 0 fully saturated rings.